The van der Waals surface area contributed by atoms with Crippen LogP contribution in [-0.4, -0.2) is 33.7 Å². The fourth-order valence-corrected chi connectivity index (χ4v) is 4.89. The van der Waals surface area contributed by atoms with Crippen molar-refractivity contribution in [3.63, 3.8) is 0 Å². The average Bonchev–Trinajstić information content (AvgIpc) is 2.96. The summed E-state index contributed by atoms with van der Waals surface area (Å²) >= 11 is 0. The summed E-state index contributed by atoms with van der Waals surface area (Å²) in [6, 6.07) is 4.76. The van der Waals surface area contributed by atoms with E-state index in [4.69, 9.17) is 10.8 Å². The lowest BCUT2D eigenvalue weighted by Gasteiger charge is -2.38. The number of carboxylic acid groups (broad SMARTS) is 1. The number of carbonyl (C=O) groups is 1. The predicted octanol–water partition coefficient (Wildman–Crippen LogP) is 5.30. The maximum absolute atomic E-state index is 10.1. The molecule has 0 unspecified atom stereocenters. The van der Waals surface area contributed by atoms with Gasteiger partial charge in [0.25, 0.3) is 0 Å². The van der Waals surface area contributed by atoms with Crippen LogP contribution in [-0.2, 0) is 0 Å². The number of carboxylic acids is 1. The molecule has 164 valence electrons. The molecule has 1 aromatic rings. The Morgan fingerprint density at radius 1 is 1.07 bits per heavy atom. The molecule has 0 aliphatic heterocycles. The summed E-state index contributed by atoms with van der Waals surface area (Å²) in [6.07, 6.45) is 20.5. The topological polar surface area (TPSA) is 88.2 Å². The molecular weight excluding hydrogens is 362 g/mol. The van der Waals surface area contributed by atoms with Crippen LogP contribution < -0.4 is 11.1 Å². The van der Waals surface area contributed by atoms with E-state index >= 15 is 0 Å². The molecule has 2 atom stereocenters. The highest BCUT2D eigenvalue weighted by molar-refractivity contribution is 5.85. The molecule has 3 rings (SSSR count). The fourth-order valence-electron chi connectivity index (χ4n) is 4.89. The molecule has 0 aromatic carbocycles. The molecule has 1 aromatic heterocycles. The summed E-state index contributed by atoms with van der Waals surface area (Å²) in [7, 11) is 0. The highest BCUT2D eigenvalue weighted by atomic mass is 16.4. The average molecular weight is 404 g/mol. The standard InChI is InChI=1S/C18H36N2.C6H5NO2/c1-2-3-4-5-6-7-8-9-15-20-18-12-10-11-17(19,16-18)13-14-18;8-6(9)5-3-1-2-4-7-5/h20H,2-16,19H2,1H3;1-4H,(H,8,9)/t17-,18+;/m1./s1. The van der Waals surface area contributed by atoms with Crippen LogP contribution in [0.4, 0.5) is 0 Å². The number of pyridine rings is 1. The molecule has 0 spiro atoms. The molecule has 0 radical (unpaired) electrons. The Morgan fingerprint density at radius 2 is 1.79 bits per heavy atom. The lowest BCUT2D eigenvalue weighted by Crippen LogP contribution is -2.50. The van der Waals surface area contributed by atoms with Crippen molar-refractivity contribution >= 4 is 5.97 Å². The van der Waals surface area contributed by atoms with Gasteiger partial charge in [-0.05, 0) is 63.6 Å². The minimum atomic E-state index is -0.990. The minimum Gasteiger partial charge on any atom is -0.477 e. The first-order chi connectivity index (χ1) is 14.0. The molecule has 29 heavy (non-hydrogen) atoms. The Hall–Kier alpha value is -1.46. The second-order valence-corrected chi connectivity index (χ2v) is 9.09. The zero-order chi connectivity index (χ0) is 21.0. The van der Waals surface area contributed by atoms with Crippen molar-refractivity contribution in [2.45, 2.75) is 108 Å². The van der Waals surface area contributed by atoms with Gasteiger partial charge >= 0.3 is 5.97 Å². The van der Waals surface area contributed by atoms with Gasteiger partial charge in [0.15, 0.2) is 0 Å². The molecule has 4 N–H and O–H groups in total. The van der Waals surface area contributed by atoms with E-state index in [2.05, 4.69) is 17.2 Å². The summed E-state index contributed by atoms with van der Waals surface area (Å²) in [4.78, 5) is 13.7. The van der Waals surface area contributed by atoms with Crippen LogP contribution in [0.3, 0.4) is 0 Å². The summed E-state index contributed by atoms with van der Waals surface area (Å²) in [6.45, 7) is 3.50. The number of nitrogens with one attached hydrogen (secondary N) is 1. The monoisotopic (exact) mass is 403 g/mol. The van der Waals surface area contributed by atoms with Gasteiger partial charge in [0.05, 0.1) is 0 Å². The predicted molar refractivity (Wildman–Crippen MR) is 119 cm³/mol. The first kappa shape index (κ1) is 23.8. The lowest BCUT2D eigenvalue weighted by molar-refractivity contribution is 0.0690. The summed E-state index contributed by atoms with van der Waals surface area (Å²) in [5.74, 6) is -0.990. The highest BCUT2D eigenvalue weighted by Crippen LogP contribution is 2.46. The fraction of sp³-hybridized carbons (Fsp3) is 0.750. The van der Waals surface area contributed by atoms with Gasteiger partial charge in [0.1, 0.15) is 5.69 Å². The van der Waals surface area contributed by atoms with Gasteiger partial charge in [-0.15, -0.1) is 0 Å². The van der Waals surface area contributed by atoms with Crippen molar-refractivity contribution in [3.8, 4) is 0 Å². The maximum Gasteiger partial charge on any atom is 0.354 e. The van der Waals surface area contributed by atoms with Gasteiger partial charge in [-0.2, -0.15) is 0 Å². The van der Waals surface area contributed by atoms with E-state index in [1.807, 2.05) is 0 Å². The lowest BCUT2D eigenvalue weighted by atomic mass is 9.79. The number of fused-ring (bicyclic) bond motifs is 2. The van der Waals surface area contributed by atoms with Gasteiger partial charge in [-0.1, -0.05) is 57.9 Å². The van der Waals surface area contributed by atoms with Crippen molar-refractivity contribution in [3.05, 3.63) is 30.1 Å². The number of unbranched alkanes of at least 4 members (excludes halogenated alkanes) is 7. The van der Waals surface area contributed by atoms with E-state index in [-0.39, 0.29) is 11.2 Å². The smallest absolute Gasteiger partial charge is 0.354 e. The van der Waals surface area contributed by atoms with Crippen LogP contribution in [0.15, 0.2) is 24.4 Å². The van der Waals surface area contributed by atoms with Crippen molar-refractivity contribution in [2.24, 2.45) is 5.73 Å². The number of aromatic carboxylic acids is 1. The zero-order valence-electron chi connectivity index (χ0n) is 18.3. The van der Waals surface area contributed by atoms with Crippen LogP contribution in [0, 0.1) is 0 Å². The molecule has 1 heterocycles. The van der Waals surface area contributed by atoms with E-state index in [0.29, 0.717) is 5.54 Å². The quantitative estimate of drug-likeness (QED) is 0.436. The van der Waals surface area contributed by atoms with Gasteiger partial charge in [0.2, 0.25) is 0 Å². The van der Waals surface area contributed by atoms with Crippen LogP contribution in [0.25, 0.3) is 0 Å². The van der Waals surface area contributed by atoms with Gasteiger partial charge in [0, 0.05) is 17.3 Å². The normalized spacial score (nSPS) is 25.3. The highest BCUT2D eigenvalue weighted by Gasteiger charge is 2.48. The van der Waals surface area contributed by atoms with Crippen molar-refractivity contribution < 1.29 is 9.90 Å². The van der Waals surface area contributed by atoms with Crippen LogP contribution in [0.5, 0.6) is 0 Å². The van der Waals surface area contributed by atoms with E-state index in [1.165, 1.54) is 109 Å². The van der Waals surface area contributed by atoms with Crippen LogP contribution >= 0.6 is 0 Å². The molecule has 5 heteroatoms. The first-order valence-corrected chi connectivity index (χ1v) is 11.7. The number of hydrogen-bond donors (Lipinski definition) is 3. The molecule has 0 saturated heterocycles. The van der Waals surface area contributed by atoms with Crippen molar-refractivity contribution in [1.82, 2.24) is 10.3 Å². The molecule has 2 fully saturated rings. The Morgan fingerprint density at radius 3 is 2.41 bits per heavy atom. The number of hydrogen-bond acceptors (Lipinski definition) is 4. The van der Waals surface area contributed by atoms with Crippen LogP contribution in [0.1, 0.15) is 107 Å². The van der Waals surface area contributed by atoms with E-state index < -0.39 is 5.97 Å². The van der Waals surface area contributed by atoms with Gasteiger partial charge < -0.3 is 16.2 Å². The first-order valence-electron chi connectivity index (χ1n) is 11.7. The minimum absolute atomic E-state index is 0.0810. The summed E-state index contributed by atoms with van der Waals surface area (Å²) in [5, 5.41) is 12.2. The third-order valence-corrected chi connectivity index (χ3v) is 6.54. The number of nitrogens with zero attached hydrogens (tertiary/aromatic N) is 1. The van der Waals surface area contributed by atoms with Gasteiger partial charge in [-0.25, -0.2) is 9.78 Å². The molecule has 0 amide bonds. The SMILES string of the molecule is CCCCCCCCCCN[C@@]12CCC[C@@](N)(CC1)C2.O=C(O)c1ccccn1. The molecule has 2 saturated carbocycles. The second kappa shape index (κ2) is 12.3. The summed E-state index contributed by atoms with van der Waals surface area (Å²) < 4.78 is 0. The van der Waals surface area contributed by atoms with Crippen molar-refractivity contribution in [2.75, 3.05) is 6.54 Å². The largest absolute Gasteiger partial charge is 0.477 e. The third kappa shape index (κ3) is 8.43. The molecule has 2 aliphatic carbocycles. The number of rotatable bonds is 11. The number of aromatic nitrogens is 1. The van der Waals surface area contributed by atoms with E-state index in [0.717, 1.165) is 0 Å². The summed E-state index contributed by atoms with van der Waals surface area (Å²) in [5.41, 5.74) is 7.15. The maximum atomic E-state index is 10.1. The Kier molecular flexibility index (Phi) is 10.1. The van der Waals surface area contributed by atoms with E-state index in [1.54, 1.807) is 12.1 Å². The van der Waals surface area contributed by atoms with Gasteiger partial charge in [-0.3, -0.25) is 0 Å². The third-order valence-electron chi connectivity index (χ3n) is 6.54. The zero-order valence-corrected chi connectivity index (χ0v) is 18.3. The Labute approximate surface area is 176 Å². The Balaban J connectivity index is 0.000000278. The molecule has 2 bridgehead atoms. The van der Waals surface area contributed by atoms with Crippen molar-refractivity contribution in [1.29, 1.82) is 0 Å². The number of nitrogens with two attached hydrogens (primary N) is 1. The van der Waals surface area contributed by atoms with E-state index in [9.17, 15) is 4.79 Å². The molecule has 5 nitrogen and oxygen atoms in total. The molecular formula is C24H41N3O2. The molecule has 2 aliphatic rings. The van der Waals surface area contributed by atoms with Crippen LogP contribution in [0.2, 0.25) is 0 Å². The second-order valence-electron chi connectivity index (χ2n) is 9.09. The Bertz CT molecular complexity index is 595.